The molecule has 0 spiro atoms. The Morgan fingerprint density at radius 2 is 0.970 bits per heavy atom. The van der Waals surface area contributed by atoms with Gasteiger partial charge in [-0.25, -0.2) is 4.79 Å². The number of hydrogen-bond donors (Lipinski definition) is 0. The fourth-order valence-corrected chi connectivity index (χ4v) is 4.03. The minimum Gasteiger partial charge on any atom is -0.448 e. The molecule has 0 unspecified atom stereocenters. The molecule has 0 rings (SSSR count). The third-order valence-corrected chi connectivity index (χ3v) is 6.45. The van der Waals surface area contributed by atoms with Crippen molar-refractivity contribution in [2.45, 2.75) is 117 Å². The first kappa shape index (κ1) is 32.2. The van der Waals surface area contributed by atoms with Gasteiger partial charge in [-0.15, -0.1) is 0 Å². The van der Waals surface area contributed by atoms with Crippen LogP contribution in [-0.2, 0) is 4.74 Å². The Balaban J connectivity index is 4.19. The van der Waals surface area contributed by atoms with Crippen molar-refractivity contribution in [3.05, 3.63) is 0 Å². The maximum absolute atomic E-state index is 12.7. The van der Waals surface area contributed by atoms with Crippen molar-refractivity contribution >= 4 is 6.09 Å². The molecule has 0 N–H and O–H groups in total. The molecule has 5 nitrogen and oxygen atoms in total. The average molecular weight is 470 g/mol. The molecule has 0 bridgehead atoms. The van der Waals surface area contributed by atoms with Crippen LogP contribution in [0, 0.1) is 0 Å². The highest BCUT2D eigenvalue weighted by molar-refractivity contribution is 5.67. The van der Waals surface area contributed by atoms with Gasteiger partial charge in [0.2, 0.25) is 0 Å². The SMILES string of the molecule is CCCCCCCCCCN(CCCCCCCCCC)C(=O)OCCN(C)CCN(C)C. The molecule has 0 saturated carbocycles. The van der Waals surface area contributed by atoms with Crippen LogP contribution in [0.4, 0.5) is 4.79 Å². The van der Waals surface area contributed by atoms with Crippen molar-refractivity contribution in [2.24, 2.45) is 0 Å². The summed E-state index contributed by atoms with van der Waals surface area (Å²) in [5.41, 5.74) is 0. The second-order valence-corrected chi connectivity index (χ2v) is 10.2. The van der Waals surface area contributed by atoms with E-state index in [0.29, 0.717) is 6.61 Å². The summed E-state index contributed by atoms with van der Waals surface area (Å²) in [6.45, 7) is 9.51. The van der Waals surface area contributed by atoms with E-state index in [1.54, 1.807) is 0 Å². The van der Waals surface area contributed by atoms with Gasteiger partial charge in [-0.1, -0.05) is 104 Å². The number of nitrogens with zero attached hydrogens (tertiary/aromatic N) is 3. The monoisotopic (exact) mass is 469 g/mol. The Bertz CT molecular complexity index is 398. The second-order valence-electron chi connectivity index (χ2n) is 10.2. The summed E-state index contributed by atoms with van der Waals surface area (Å²) >= 11 is 0. The van der Waals surface area contributed by atoms with E-state index < -0.39 is 0 Å². The molecular weight excluding hydrogens is 410 g/mol. The number of ether oxygens (including phenoxy) is 1. The molecule has 0 aliphatic rings. The van der Waals surface area contributed by atoms with Crippen LogP contribution in [0.5, 0.6) is 0 Å². The van der Waals surface area contributed by atoms with E-state index in [1.165, 1.54) is 89.9 Å². The van der Waals surface area contributed by atoms with Crippen molar-refractivity contribution in [3.8, 4) is 0 Å². The highest BCUT2D eigenvalue weighted by atomic mass is 16.6. The van der Waals surface area contributed by atoms with Crippen molar-refractivity contribution in [3.63, 3.8) is 0 Å². The fourth-order valence-electron chi connectivity index (χ4n) is 4.03. The van der Waals surface area contributed by atoms with Gasteiger partial charge in [0.05, 0.1) is 0 Å². The molecule has 0 saturated heterocycles. The van der Waals surface area contributed by atoms with Gasteiger partial charge >= 0.3 is 6.09 Å². The molecular formula is C28H59N3O2. The van der Waals surface area contributed by atoms with Gasteiger partial charge in [-0.05, 0) is 34.0 Å². The van der Waals surface area contributed by atoms with E-state index in [-0.39, 0.29) is 6.09 Å². The molecule has 0 fully saturated rings. The van der Waals surface area contributed by atoms with Gasteiger partial charge in [0.25, 0.3) is 0 Å². The van der Waals surface area contributed by atoms with Gasteiger partial charge in [-0.2, -0.15) is 0 Å². The molecule has 0 radical (unpaired) electrons. The van der Waals surface area contributed by atoms with E-state index in [0.717, 1.165) is 45.6 Å². The molecule has 198 valence electrons. The van der Waals surface area contributed by atoms with Crippen LogP contribution in [0.25, 0.3) is 0 Å². The Hall–Kier alpha value is -0.810. The molecule has 33 heavy (non-hydrogen) atoms. The van der Waals surface area contributed by atoms with Gasteiger partial charge in [0, 0.05) is 32.7 Å². The topological polar surface area (TPSA) is 36.0 Å². The Labute approximate surface area is 207 Å². The molecule has 0 aliphatic heterocycles. The van der Waals surface area contributed by atoms with E-state index >= 15 is 0 Å². The zero-order valence-corrected chi connectivity index (χ0v) is 23.2. The summed E-state index contributed by atoms with van der Waals surface area (Å²) in [7, 11) is 6.26. The van der Waals surface area contributed by atoms with Crippen molar-refractivity contribution in [2.75, 3.05) is 60.5 Å². The van der Waals surface area contributed by atoms with Crippen LogP contribution in [0.2, 0.25) is 0 Å². The van der Waals surface area contributed by atoms with Gasteiger partial charge in [0.1, 0.15) is 6.61 Å². The van der Waals surface area contributed by atoms with Crippen molar-refractivity contribution in [1.82, 2.24) is 14.7 Å². The lowest BCUT2D eigenvalue weighted by Crippen LogP contribution is -2.36. The molecule has 5 heteroatoms. The summed E-state index contributed by atoms with van der Waals surface area (Å²) in [6.07, 6.45) is 20.6. The second kappa shape index (κ2) is 24.3. The lowest BCUT2D eigenvalue weighted by molar-refractivity contribution is 0.0914. The number of hydrogen-bond acceptors (Lipinski definition) is 4. The van der Waals surface area contributed by atoms with E-state index in [4.69, 9.17) is 4.74 Å². The van der Waals surface area contributed by atoms with Crippen LogP contribution >= 0.6 is 0 Å². The zero-order chi connectivity index (χ0) is 24.6. The Morgan fingerprint density at radius 1 is 0.545 bits per heavy atom. The van der Waals surface area contributed by atoms with Gasteiger partial charge in [-0.3, -0.25) is 0 Å². The van der Waals surface area contributed by atoms with Crippen molar-refractivity contribution < 1.29 is 9.53 Å². The average Bonchev–Trinajstić information content (AvgIpc) is 2.79. The van der Waals surface area contributed by atoms with Crippen LogP contribution in [0.3, 0.4) is 0 Å². The molecule has 0 aliphatic carbocycles. The molecule has 0 heterocycles. The highest BCUT2D eigenvalue weighted by Gasteiger charge is 2.14. The maximum Gasteiger partial charge on any atom is 0.409 e. The number of unbranched alkanes of at least 4 members (excludes halogenated alkanes) is 14. The number of rotatable bonds is 24. The predicted molar refractivity (Wildman–Crippen MR) is 144 cm³/mol. The summed E-state index contributed by atoms with van der Waals surface area (Å²) < 4.78 is 5.66. The van der Waals surface area contributed by atoms with E-state index in [1.807, 2.05) is 4.90 Å². The first-order valence-electron chi connectivity index (χ1n) is 14.3. The molecule has 0 aromatic heterocycles. The molecule has 1 amide bonds. The number of amides is 1. The lowest BCUT2D eigenvalue weighted by Gasteiger charge is -2.24. The predicted octanol–water partition coefficient (Wildman–Crippen LogP) is 7.20. The van der Waals surface area contributed by atoms with E-state index in [2.05, 4.69) is 44.8 Å². The summed E-state index contributed by atoms with van der Waals surface area (Å²) in [6, 6.07) is 0. The van der Waals surface area contributed by atoms with Crippen LogP contribution in [-0.4, -0.2) is 81.3 Å². The van der Waals surface area contributed by atoms with Crippen LogP contribution in [0.15, 0.2) is 0 Å². The van der Waals surface area contributed by atoms with Crippen molar-refractivity contribution in [1.29, 1.82) is 0 Å². The largest absolute Gasteiger partial charge is 0.448 e. The Kier molecular flexibility index (Phi) is 23.7. The van der Waals surface area contributed by atoms with E-state index in [9.17, 15) is 4.79 Å². The molecule has 0 atom stereocenters. The van der Waals surface area contributed by atoms with Crippen LogP contribution < -0.4 is 0 Å². The van der Waals surface area contributed by atoms with Gasteiger partial charge < -0.3 is 19.4 Å². The zero-order valence-electron chi connectivity index (χ0n) is 23.2. The van der Waals surface area contributed by atoms with Crippen LogP contribution in [0.1, 0.15) is 117 Å². The standard InChI is InChI=1S/C28H59N3O2/c1-6-8-10-12-14-16-18-20-22-31(23-21-19-17-15-13-11-9-7-2)28(32)33-27-26-30(5)25-24-29(3)4/h6-27H2,1-5H3. The third-order valence-electron chi connectivity index (χ3n) is 6.45. The molecule has 0 aromatic rings. The van der Waals surface area contributed by atoms with Gasteiger partial charge in [0.15, 0.2) is 0 Å². The third kappa shape index (κ3) is 22.7. The quantitative estimate of drug-likeness (QED) is 0.140. The fraction of sp³-hybridized carbons (Fsp3) is 0.964. The molecule has 0 aromatic carbocycles. The normalized spacial score (nSPS) is 11.5. The smallest absolute Gasteiger partial charge is 0.409 e. The maximum atomic E-state index is 12.7. The number of carbonyl (C=O) groups excluding carboxylic acids is 1. The summed E-state index contributed by atoms with van der Waals surface area (Å²) in [5.74, 6) is 0. The number of likely N-dealkylation sites (N-methyl/N-ethyl adjacent to an activating group) is 2. The highest BCUT2D eigenvalue weighted by Crippen LogP contribution is 2.12. The summed E-state index contributed by atoms with van der Waals surface area (Å²) in [4.78, 5) is 19.1. The summed E-state index contributed by atoms with van der Waals surface area (Å²) in [5, 5.41) is 0. The minimum absolute atomic E-state index is 0.109. The number of carbonyl (C=O) groups is 1. The first-order chi connectivity index (χ1) is 16.0. The Morgan fingerprint density at radius 3 is 1.39 bits per heavy atom. The minimum atomic E-state index is -0.109. The lowest BCUT2D eigenvalue weighted by atomic mass is 10.1. The first-order valence-corrected chi connectivity index (χ1v) is 14.3.